The van der Waals surface area contributed by atoms with Gasteiger partial charge in [-0.05, 0) is 45.8 Å². The molecule has 1 saturated heterocycles. The molecule has 2 rings (SSSR count). The van der Waals surface area contributed by atoms with Crippen LogP contribution in [0.25, 0.3) is 0 Å². The molecule has 0 bridgehead atoms. The first-order chi connectivity index (χ1) is 9.19. The molecule has 1 aromatic heterocycles. The molecule has 1 fully saturated rings. The molecule has 1 aliphatic heterocycles. The lowest BCUT2D eigenvalue weighted by molar-refractivity contribution is -0.125. The molecule has 1 aliphatic rings. The molecule has 106 valence electrons. The lowest BCUT2D eigenvalue weighted by atomic mass is 10.1. The highest BCUT2D eigenvalue weighted by atomic mass is 16.5. The standard InChI is InChI=1S/C14H23N3O2/c1-3-17-12(8-11(2)16-17)9-13(18)10-19-14-4-6-15-7-5-14/h8,14-15H,3-7,9-10H2,1-2H3. The van der Waals surface area contributed by atoms with E-state index in [0.717, 1.165) is 43.9 Å². The normalized spacial score (nSPS) is 16.7. The molecular weight excluding hydrogens is 242 g/mol. The van der Waals surface area contributed by atoms with Gasteiger partial charge in [-0.15, -0.1) is 0 Å². The minimum absolute atomic E-state index is 0.133. The van der Waals surface area contributed by atoms with Crippen molar-refractivity contribution < 1.29 is 9.53 Å². The summed E-state index contributed by atoms with van der Waals surface area (Å²) in [5.41, 5.74) is 1.95. The number of nitrogens with one attached hydrogen (secondary N) is 1. The summed E-state index contributed by atoms with van der Waals surface area (Å²) in [6, 6.07) is 1.98. The first-order valence-electron chi connectivity index (χ1n) is 7.06. The zero-order valence-corrected chi connectivity index (χ0v) is 11.8. The van der Waals surface area contributed by atoms with Crippen LogP contribution in [0.5, 0.6) is 0 Å². The molecule has 5 nitrogen and oxygen atoms in total. The maximum Gasteiger partial charge on any atom is 0.164 e. The summed E-state index contributed by atoms with van der Waals surface area (Å²) in [6.07, 6.45) is 2.65. The zero-order valence-electron chi connectivity index (χ0n) is 11.8. The van der Waals surface area contributed by atoms with E-state index in [1.807, 2.05) is 24.6 Å². The van der Waals surface area contributed by atoms with Crippen LogP contribution in [0.1, 0.15) is 31.2 Å². The Morgan fingerprint density at radius 1 is 1.53 bits per heavy atom. The smallest absolute Gasteiger partial charge is 0.164 e. The molecule has 0 saturated carbocycles. The Labute approximate surface area is 114 Å². The van der Waals surface area contributed by atoms with Crippen molar-refractivity contribution in [1.82, 2.24) is 15.1 Å². The van der Waals surface area contributed by atoms with E-state index < -0.39 is 0 Å². The van der Waals surface area contributed by atoms with Crippen molar-refractivity contribution in [2.24, 2.45) is 0 Å². The van der Waals surface area contributed by atoms with E-state index in [0.29, 0.717) is 6.42 Å². The number of piperidine rings is 1. The largest absolute Gasteiger partial charge is 0.370 e. The van der Waals surface area contributed by atoms with Crippen molar-refractivity contribution in [3.05, 3.63) is 17.5 Å². The summed E-state index contributed by atoms with van der Waals surface area (Å²) in [5.74, 6) is 0.133. The molecule has 1 N–H and O–H groups in total. The highest BCUT2D eigenvalue weighted by molar-refractivity contribution is 5.81. The molecule has 0 amide bonds. The van der Waals surface area contributed by atoms with Gasteiger partial charge in [-0.3, -0.25) is 9.48 Å². The van der Waals surface area contributed by atoms with Crippen molar-refractivity contribution >= 4 is 5.78 Å². The van der Waals surface area contributed by atoms with Gasteiger partial charge in [0.25, 0.3) is 0 Å². The van der Waals surface area contributed by atoms with Crippen LogP contribution >= 0.6 is 0 Å². The van der Waals surface area contributed by atoms with Crippen LogP contribution < -0.4 is 5.32 Å². The second-order valence-corrected chi connectivity index (χ2v) is 5.07. The fraction of sp³-hybridized carbons (Fsp3) is 0.714. The van der Waals surface area contributed by atoms with Crippen LogP contribution in [0.4, 0.5) is 0 Å². The number of nitrogens with zero attached hydrogens (tertiary/aromatic N) is 2. The maximum atomic E-state index is 12.0. The molecule has 0 aromatic carbocycles. The van der Waals surface area contributed by atoms with Gasteiger partial charge in [0.05, 0.1) is 18.2 Å². The quantitative estimate of drug-likeness (QED) is 0.836. The average molecular weight is 265 g/mol. The third kappa shape index (κ3) is 4.14. The predicted molar refractivity (Wildman–Crippen MR) is 73.2 cm³/mol. The van der Waals surface area contributed by atoms with Crippen LogP contribution in [0, 0.1) is 6.92 Å². The number of aryl methyl sites for hydroxylation is 2. The van der Waals surface area contributed by atoms with Crippen molar-refractivity contribution in [3.8, 4) is 0 Å². The van der Waals surface area contributed by atoms with Gasteiger partial charge in [-0.1, -0.05) is 0 Å². The van der Waals surface area contributed by atoms with Gasteiger partial charge in [-0.25, -0.2) is 0 Å². The lowest BCUT2D eigenvalue weighted by Gasteiger charge is -2.22. The SMILES string of the molecule is CCn1nc(C)cc1CC(=O)COC1CCNCC1. The summed E-state index contributed by atoms with van der Waals surface area (Å²) < 4.78 is 7.56. The number of Topliss-reactive ketones (excluding diaryl/α,β-unsaturated/α-hetero) is 1. The van der Waals surface area contributed by atoms with E-state index in [1.165, 1.54) is 0 Å². The summed E-state index contributed by atoms with van der Waals surface area (Å²) in [6.45, 7) is 6.98. The summed E-state index contributed by atoms with van der Waals surface area (Å²) in [4.78, 5) is 12.0. The molecule has 0 unspecified atom stereocenters. The number of aromatic nitrogens is 2. The van der Waals surface area contributed by atoms with E-state index in [1.54, 1.807) is 0 Å². The van der Waals surface area contributed by atoms with Gasteiger partial charge in [0.1, 0.15) is 6.61 Å². The lowest BCUT2D eigenvalue weighted by Crippen LogP contribution is -2.33. The van der Waals surface area contributed by atoms with Crippen molar-refractivity contribution in [1.29, 1.82) is 0 Å². The van der Waals surface area contributed by atoms with Gasteiger partial charge in [0.15, 0.2) is 5.78 Å². The average Bonchev–Trinajstić information content (AvgIpc) is 2.77. The van der Waals surface area contributed by atoms with Crippen molar-refractivity contribution in [3.63, 3.8) is 0 Å². The number of ketones is 1. The van der Waals surface area contributed by atoms with Crippen LogP contribution in [0.3, 0.4) is 0 Å². The number of carbonyl (C=O) groups is 1. The Morgan fingerprint density at radius 2 is 2.26 bits per heavy atom. The molecule has 0 aliphatic carbocycles. The molecule has 0 atom stereocenters. The van der Waals surface area contributed by atoms with E-state index >= 15 is 0 Å². The number of hydrogen-bond donors (Lipinski definition) is 1. The fourth-order valence-electron chi connectivity index (χ4n) is 2.44. The van der Waals surface area contributed by atoms with Crippen LogP contribution in [-0.4, -0.2) is 41.4 Å². The third-order valence-corrected chi connectivity index (χ3v) is 3.43. The summed E-state index contributed by atoms with van der Waals surface area (Å²) >= 11 is 0. The monoisotopic (exact) mass is 265 g/mol. The molecule has 5 heteroatoms. The van der Waals surface area contributed by atoms with Crippen LogP contribution in [0.15, 0.2) is 6.07 Å². The topological polar surface area (TPSA) is 56.2 Å². The predicted octanol–water partition coefficient (Wildman–Crippen LogP) is 1.09. The Bertz CT molecular complexity index is 422. The zero-order chi connectivity index (χ0) is 13.7. The van der Waals surface area contributed by atoms with E-state index in [-0.39, 0.29) is 18.5 Å². The van der Waals surface area contributed by atoms with E-state index in [4.69, 9.17) is 4.74 Å². The van der Waals surface area contributed by atoms with Gasteiger partial charge in [0, 0.05) is 12.2 Å². The van der Waals surface area contributed by atoms with Gasteiger partial charge in [0.2, 0.25) is 0 Å². The van der Waals surface area contributed by atoms with Crippen LogP contribution in [0.2, 0.25) is 0 Å². The molecule has 1 aromatic rings. The minimum atomic E-state index is 0.133. The van der Waals surface area contributed by atoms with E-state index in [9.17, 15) is 4.79 Å². The highest BCUT2D eigenvalue weighted by Gasteiger charge is 2.16. The number of ether oxygens (including phenoxy) is 1. The van der Waals surface area contributed by atoms with Crippen LogP contribution in [-0.2, 0) is 22.5 Å². The van der Waals surface area contributed by atoms with E-state index in [2.05, 4.69) is 10.4 Å². The molecule has 2 heterocycles. The first-order valence-corrected chi connectivity index (χ1v) is 7.06. The Morgan fingerprint density at radius 3 is 2.95 bits per heavy atom. The molecule has 19 heavy (non-hydrogen) atoms. The van der Waals surface area contributed by atoms with Gasteiger partial charge >= 0.3 is 0 Å². The fourth-order valence-corrected chi connectivity index (χ4v) is 2.44. The highest BCUT2D eigenvalue weighted by Crippen LogP contribution is 2.09. The van der Waals surface area contributed by atoms with Crippen molar-refractivity contribution in [2.75, 3.05) is 19.7 Å². The number of hydrogen-bond acceptors (Lipinski definition) is 4. The Hall–Kier alpha value is -1.20. The summed E-state index contributed by atoms with van der Waals surface area (Å²) in [5, 5.41) is 7.63. The number of rotatable bonds is 6. The van der Waals surface area contributed by atoms with Gasteiger partial charge < -0.3 is 10.1 Å². The minimum Gasteiger partial charge on any atom is -0.370 e. The molecular formula is C14H23N3O2. The van der Waals surface area contributed by atoms with Crippen molar-refractivity contribution in [2.45, 2.75) is 45.8 Å². The Balaban J connectivity index is 1.80. The second-order valence-electron chi connectivity index (χ2n) is 5.07. The maximum absolute atomic E-state index is 12.0. The Kier molecular flexibility index (Phi) is 5.10. The summed E-state index contributed by atoms with van der Waals surface area (Å²) in [7, 11) is 0. The number of carbonyl (C=O) groups excluding carboxylic acids is 1. The third-order valence-electron chi connectivity index (χ3n) is 3.43. The first kappa shape index (κ1) is 14.2. The second kappa shape index (κ2) is 6.82. The molecule has 0 radical (unpaired) electrons. The van der Waals surface area contributed by atoms with Gasteiger partial charge in [-0.2, -0.15) is 5.10 Å². The molecule has 0 spiro atoms.